The smallest absolute Gasteiger partial charge is 0.347 e. The number of nitroso groups, excluding NO2 is 1. The predicted molar refractivity (Wildman–Crippen MR) is 85.2 cm³/mol. The van der Waals surface area contributed by atoms with Crippen molar-refractivity contribution in [2.24, 2.45) is 5.29 Å². The Morgan fingerprint density at radius 3 is 1.63 bits per heavy atom. The maximum absolute atomic E-state index is 12.8. The molecule has 0 bridgehead atoms. The number of aliphatic hydroxyl groups excluding tert-OH is 2. The summed E-state index contributed by atoms with van der Waals surface area (Å²) in [5, 5.41) is 84.4. The summed E-state index contributed by atoms with van der Waals surface area (Å²) in [6.45, 7) is -0.536. The van der Waals surface area contributed by atoms with Crippen LogP contribution in [0, 0.1) is 4.91 Å². The normalized spacial score (nSPS) is 37.2. The lowest BCUT2D eigenvalue weighted by Gasteiger charge is -2.52. The maximum atomic E-state index is 12.8. The van der Waals surface area contributed by atoms with Crippen LogP contribution in [-0.4, -0.2) is 104 Å². The summed E-state index contributed by atoms with van der Waals surface area (Å²) in [6.07, 6.45) is -6.33. The number of carbonyl (C=O) groups is 1. The van der Waals surface area contributed by atoms with E-state index in [-0.39, 0.29) is 15.8 Å². The van der Waals surface area contributed by atoms with Crippen LogP contribution < -0.4 is 0 Å². The lowest BCUT2D eigenvalue weighted by molar-refractivity contribution is -0.393. The molecule has 2 saturated carbocycles. The minimum atomic E-state index is -3.42. The zero-order valence-corrected chi connectivity index (χ0v) is 14.8. The van der Waals surface area contributed by atoms with Crippen molar-refractivity contribution >= 4 is 17.6 Å². The Morgan fingerprint density at radius 2 is 1.37 bits per heavy atom. The molecule has 4 unspecified atom stereocenters. The molecule has 156 valence electrons. The van der Waals surface area contributed by atoms with Gasteiger partial charge in [-0.25, -0.2) is 4.79 Å². The van der Waals surface area contributed by atoms with Gasteiger partial charge >= 0.3 is 6.03 Å². The molecule has 0 heterocycles. The van der Waals surface area contributed by atoms with Crippen LogP contribution in [0.4, 0.5) is 4.79 Å². The van der Waals surface area contributed by atoms with Gasteiger partial charge in [0.1, 0.15) is 12.2 Å². The Balaban J connectivity index is 2.64. The van der Waals surface area contributed by atoms with Crippen molar-refractivity contribution in [3.8, 4) is 0 Å². The second kappa shape index (κ2) is 7.02. The van der Waals surface area contributed by atoms with Crippen molar-refractivity contribution in [1.29, 1.82) is 0 Å². The molecule has 14 heteroatoms. The second-order valence-corrected chi connectivity index (χ2v) is 7.08. The highest BCUT2D eigenvalue weighted by molar-refractivity contribution is 6.18. The fraction of sp³-hybridized carbons (Fsp3) is 0.923. The Hall–Kier alpha value is -1.16. The highest BCUT2D eigenvalue weighted by Crippen LogP contribution is 2.49. The van der Waals surface area contributed by atoms with E-state index < -0.39 is 73.5 Å². The molecule has 13 nitrogen and oxygen atoms in total. The van der Waals surface area contributed by atoms with Crippen molar-refractivity contribution < 1.29 is 45.6 Å². The van der Waals surface area contributed by atoms with Crippen LogP contribution >= 0.6 is 11.6 Å². The van der Waals surface area contributed by atoms with Gasteiger partial charge in [0, 0.05) is 18.7 Å². The summed E-state index contributed by atoms with van der Waals surface area (Å²) >= 11 is 5.46. The number of aliphatic hydroxyl groups is 8. The standard InChI is InChI=1S/C13H22ClN3O10/c14-5-6-16(15-27)9(20)17(10(21)3-1-7(18)12(10,23)24)11(22)4-2-8(19)13(11,25)26/h7-8,18-19,21-26H,1-6H2. The van der Waals surface area contributed by atoms with Crippen molar-refractivity contribution in [2.45, 2.75) is 60.9 Å². The van der Waals surface area contributed by atoms with Gasteiger partial charge in [0.15, 0.2) is 0 Å². The molecule has 27 heavy (non-hydrogen) atoms. The topological polar surface area (TPSA) is 215 Å². The van der Waals surface area contributed by atoms with Crippen LogP contribution in [0.15, 0.2) is 5.29 Å². The molecule has 2 aliphatic carbocycles. The van der Waals surface area contributed by atoms with E-state index in [2.05, 4.69) is 5.29 Å². The van der Waals surface area contributed by atoms with Crippen molar-refractivity contribution in [3.05, 3.63) is 4.91 Å². The number of carbonyl (C=O) groups excluding carboxylic acids is 1. The molecule has 2 amide bonds. The van der Waals surface area contributed by atoms with Crippen LogP contribution in [0.3, 0.4) is 0 Å². The molecule has 4 atom stereocenters. The van der Waals surface area contributed by atoms with Crippen LogP contribution in [0.25, 0.3) is 0 Å². The number of alkyl halides is 1. The summed E-state index contributed by atoms with van der Waals surface area (Å²) in [6, 6.07) is -1.65. The Kier molecular flexibility index (Phi) is 5.76. The van der Waals surface area contributed by atoms with Gasteiger partial charge in [0.05, 0.1) is 11.8 Å². The number of hydrogen-bond acceptors (Lipinski definition) is 11. The molecule has 2 fully saturated rings. The molecular weight excluding hydrogens is 394 g/mol. The first-order valence-corrected chi connectivity index (χ1v) is 8.56. The van der Waals surface area contributed by atoms with E-state index in [0.29, 0.717) is 0 Å². The average Bonchev–Trinajstić information content (AvgIpc) is 2.92. The first-order valence-electron chi connectivity index (χ1n) is 8.02. The first kappa shape index (κ1) is 22.1. The van der Waals surface area contributed by atoms with E-state index >= 15 is 0 Å². The Bertz CT molecular complexity index is 571. The third-order valence-corrected chi connectivity index (χ3v) is 5.36. The lowest BCUT2D eigenvalue weighted by atomic mass is 9.95. The molecule has 0 aromatic carbocycles. The van der Waals surface area contributed by atoms with Crippen LogP contribution in [0.1, 0.15) is 25.7 Å². The largest absolute Gasteiger partial charge is 0.387 e. The number of nitrogens with zero attached hydrogens (tertiary/aromatic N) is 3. The minimum absolute atomic E-state index is 0.102. The van der Waals surface area contributed by atoms with E-state index in [1.165, 1.54) is 0 Å². The summed E-state index contributed by atoms with van der Waals surface area (Å²) in [4.78, 5) is 23.6. The second-order valence-electron chi connectivity index (χ2n) is 6.71. The van der Waals surface area contributed by atoms with Crippen LogP contribution in [0.2, 0.25) is 0 Å². The van der Waals surface area contributed by atoms with Crippen molar-refractivity contribution in [1.82, 2.24) is 9.91 Å². The first-order chi connectivity index (χ1) is 12.3. The summed E-state index contributed by atoms with van der Waals surface area (Å²) in [7, 11) is 0. The quantitative estimate of drug-likeness (QED) is 0.0966. The third kappa shape index (κ3) is 2.99. The van der Waals surface area contributed by atoms with E-state index in [9.17, 15) is 50.6 Å². The van der Waals surface area contributed by atoms with Crippen molar-refractivity contribution in [3.63, 3.8) is 0 Å². The number of rotatable bonds is 5. The average molecular weight is 416 g/mol. The SMILES string of the molecule is O=NN(CCCl)C(=O)N(C1(O)CCC(O)C1(O)O)C1(O)CCC(O)C1(O)O. The summed E-state index contributed by atoms with van der Waals surface area (Å²) < 4.78 is 0. The summed E-state index contributed by atoms with van der Waals surface area (Å²) in [5.74, 6) is -7.16. The molecular formula is C13H22ClN3O10. The van der Waals surface area contributed by atoms with Gasteiger partial charge in [-0.3, -0.25) is 4.90 Å². The van der Waals surface area contributed by atoms with Gasteiger partial charge in [-0.15, -0.1) is 16.5 Å². The van der Waals surface area contributed by atoms with Gasteiger partial charge in [-0.2, -0.15) is 5.01 Å². The monoisotopic (exact) mass is 415 g/mol. The maximum Gasteiger partial charge on any atom is 0.347 e. The molecule has 0 aromatic heterocycles. The Morgan fingerprint density at radius 1 is 0.963 bits per heavy atom. The zero-order chi connectivity index (χ0) is 20.8. The third-order valence-electron chi connectivity index (χ3n) is 5.19. The van der Waals surface area contributed by atoms with E-state index in [1.54, 1.807) is 0 Å². The zero-order valence-electron chi connectivity index (χ0n) is 14.0. The Labute approximate surface area is 157 Å². The molecule has 2 aliphatic rings. The molecule has 0 spiro atoms. The minimum Gasteiger partial charge on any atom is -0.387 e. The fourth-order valence-corrected chi connectivity index (χ4v) is 3.68. The predicted octanol–water partition coefficient (Wildman–Crippen LogP) is -3.32. The molecule has 2 rings (SSSR count). The number of hydrogen-bond donors (Lipinski definition) is 8. The van der Waals surface area contributed by atoms with Gasteiger partial charge in [-0.05, 0) is 12.8 Å². The highest BCUT2D eigenvalue weighted by Gasteiger charge is 2.73. The van der Waals surface area contributed by atoms with E-state index in [1.807, 2.05) is 0 Å². The van der Waals surface area contributed by atoms with Gasteiger partial charge < -0.3 is 40.9 Å². The molecule has 0 radical (unpaired) electrons. The van der Waals surface area contributed by atoms with Crippen LogP contribution in [0.5, 0.6) is 0 Å². The van der Waals surface area contributed by atoms with Crippen molar-refractivity contribution in [2.75, 3.05) is 12.4 Å². The number of urea groups is 1. The van der Waals surface area contributed by atoms with Gasteiger partial charge in [0.25, 0.3) is 0 Å². The number of amides is 2. The van der Waals surface area contributed by atoms with Crippen LogP contribution in [-0.2, 0) is 0 Å². The molecule has 0 aromatic rings. The highest BCUT2D eigenvalue weighted by atomic mass is 35.5. The van der Waals surface area contributed by atoms with E-state index in [0.717, 1.165) is 0 Å². The molecule has 0 aliphatic heterocycles. The van der Waals surface area contributed by atoms with Gasteiger partial charge in [-0.1, -0.05) is 0 Å². The van der Waals surface area contributed by atoms with E-state index in [4.69, 9.17) is 11.6 Å². The lowest BCUT2D eigenvalue weighted by Crippen LogP contribution is -2.78. The molecule has 0 saturated heterocycles. The number of halogens is 1. The van der Waals surface area contributed by atoms with Gasteiger partial charge in [0.2, 0.25) is 23.0 Å². The molecule has 8 N–H and O–H groups in total. The summed E-state index contributed by atoms with van der Waals surface area (Å²) in [5.41, 5.74) is -6.34. The fourth-order valence-electron chi connectivity index (χ4n) is 3.52.